The summed E-state index contributed by atoms with van der Waals surface area (Å²) >= 11 is 0. The Balaban J connectivity index is 2.39. The summed E-state index contributed by atoms with van der Waals surface area (Å²) in [6, 6.07) is 0.549. The molecule has 104 valence electrons. The van der Waals surface area contributed by atoms with E-state index < -0.39 is 0 Å². The Kier molecular flexibility index (Phi) is 6.93. The molecule has 0 spiro atoms. The average Bonchev–Trinajstić information content (AvgIpc) is 2.83. The van der Waals surface area contributed by atoms with Gasteiger partial charge >= 0.3 is 0 Å². The fourth-order valence-corrected chi connectivity index (χ4v) is 1.84. The maximum atomic E-state index is 8.70. The minimum Gasteiger partial charge on any atom is -0.396 e. The molecule has 0 aromatic carbocycles. The Labute approximate surface area is 109 Å². The summed E-state index contributed by atoms with van der Waals surface area (Å²) in [6.07, 6.45) is 6.93. The first kappa shape index (κ1) is 15.1. The molecule has 1 aromatic rings. The van der Waals surface area contributed by atoms with Crippen LogP contribution in [0.2, 0.25) is 0 Å². The third-order valence-corrected chi connectivity index (χ3v) is 3.01. The van der Waals surface area contributed by atoms with Crippen molar-refractivity contribution in [2.45, 2.75) is 45.2 Å². The molecule has 0 radical (unpaired) electrons. The van der Waals surface area contributed by atoms with E-state index >= 15 is 0 Å². The fraction of sp³-hybridized carbons (Fsp3) is 0.769. The summed E-state index contributed by atoms with van der Waals surface area (Å²) in [7, 11) is 0. The lowest BCUT2D eigenvalue weighted by atomic mass is 10.1. The third kappa shape index (κ3) is 4.76. The molecule has 0 fully saturated rings. The van der Waals surface area contributed by atoms with Crippen molar-refractivity contribution < 1.29 is 5.11 Å². The molecule has 1 atom stereocenters. The highest BCUT2D eigenvalue weighted by atomic mass is 16.2. The Bertz CT molecular complexity index is 325. The van der Waals surface area contributed by atoms with Crippen LogP contribution in [0.25, 0.3) is 0 Å². The topological polar surface area (TPSA) is 76.1 Å². The first-order valence-electron chi connectivity index (χ1n) is 6.77. The fourth-order valence-electron chi connectivity index (χ4n) is 1.84. The third-order valence-electron chi connectivity index (χ3n) is 3.01. The number of hydrogen-bond donors (Lipinski definition) is 3. The first-order chi connectivity index (χ1) is 8.69. The molecule has 5 nitrogen and oxygen atoms in total. The molecule has 0 aliphatic heterocycles. The molecule has 0 saturated carbocycles. The van der Waals surface area contributed by atoms with Gasteiger partial charge in [0.15, 0.2) is 0 Å². The Hall–Kier alpha value is -0.910. The highest BCUT2D eigenvalue weighted by Gasteiger charge is 2.11. The van der Waals surface area contributed by atoms with Crippen LogP contribution in [0.5, 0.6) is 0 Å². The second kappa shape index (κ2) is 8.24. The number of aromatic nitrogens is 2. The summed E-state index contributed by atoms with van der Waals surface area (Å²) in [5.41, 5.74) is 6.94. The standard InChI is InChI=1S/C13H26N4O/c1-11(2)17-10-12(9-16-17)13(8-14)15-6-4-3-5-7-18/h9-11,13,15,18H,3-8,14H2,1-2H3. The van der Waals surface area contributed by atoms with Crippen molar-refractivity contribution in [2.24, 2.45) is 5.73 Å². The number of nitrogens with one attached hydrogen (secondary N) is 1. The van der Waals surface area contributed by atoms with E-state index in [9.17, 15) is 0 Å². The molecule has 0 saturated heterocycles. The molecule has 18 heavy (non-hydrogen) atoms. The predicted octanol–water partition coefficient (Wildman–Crippen LogP) is 1.22. The monoisotopic (exact) mass is 254 g/mol. The van der Waals surface area contributed by atoms with Crippen molar-refractivity contribution in [1.82, 2.24) is 15.1 Å². The second-order valence-corrected chi connectivity index (χ2v) is 4.87. The summed E-state index contributed by atoms with van der Waals surface area (Å²) in [6.45, 7) is 5.99. The molecule has 1 unspecified atom stereocenters. The number of rotatable bonds is 9. The van der Waals surface area contributed by atoms with Crippen molar-refractivity contribution in [3.05, 3.63) is 18.0 Å². The molecule has 0 bridgehead atoms. The maximum absolute atomic E-state index is 8.70. The van der Waals surface area contributed by atoms with E-state index in [0.29, 0.717) is 12.6 Å². The normalized spacial score (nSPS) is 13.2. The maximum Gasteiger partial charge on any atom is 0.0538 e. The quantitative estimate of drug-likeness (QED) is 0.579. The van der Waals surface area contributed by atoms with Crippen molar-refractivity contribution in [3.8, 4) is 0 Å². The molecule has 0 aliphatic carbocycles. The second-order valence-electron chi connectivity index (χ2n) is 4.87. The Morgan fingerprint density at radius 1 is 1.39 bits per heavy atom. The first-order valence-corrected chi connectivity index (χ1v) is 6.77. The van der Waals surface area contributed by atoms with Crippen LogP contribution < -0.4 is 11.1 Å². The zero-order valence-electron chi connectivity index (χ0n) is 11.5. The molecular weight excluding hydrogens is 228 g/mol. The van der Waals surface area contributed by atoms with E-state index in [2.05, 4.69) is 30.5 Å². The SMILES string of the molecule is CC(C)n1cc(C(CN)NCCCCCO)cn1. The van der Waals surface area contributed by atoms with E-state index in [0.717, 1.165) is 31.4 Å². The summed E-state index contributed by atoms with van der Waals surface area (Å²) in [4.78, 5) is 0. The lowest BCUT2D eigenvalue weighted by molar-refractivity contribution is 0.282. The zero-order chi connectivity index (χ0) is 13.4. The minimum atomic E-state index is 0.173. The van der Waals surface area contributed by atoms with E-state index in [4.69, 9.17) is 10.8 Å². The average molecular weight is 254 g/mol. The van der Waals surface area contributed by atoms with Crippen molar-refractivity contribution in [3.63, 3.8) is 0 Å². The van der Waals surface area contributed by atoms with Gasteiger partial charge in [-0.05, 0) is 39.7 Å². The lowest BCUT2D eigenvalue weighted by Crippen LogP contribution is -2.28. The van der Waals surface area contributed by atoms with Crippen LogP contribution in [0.3, 0.4) is 0 Å². The van der Waals surface area contributed by atoms with Crippen LogP contribution in [0, 0.1) is 0 Å². The van der Waals surface area contributed by atoms with E-state index in [-0.39, 0.29) is 12.6 Å². The van der Waals surface area contributed by atoms with E-state index in [1.165, 1.54) is 0 Å². The molecule has 0 amide bonds. The Morgan fingerprint density at radius 2 is 2.17 bits per heavy atom. The summed E-state index contributed by atoms with van der Waals surface area (Å²) < 4.78 is 1.95. The number of unbranched alkanes of at least 4 members (excludes halogenated alkanes) is 2. The van der Waals surface area contributed by atoms with Crippen LogP contribution >= 0.6 is 0 Å². The van der Waals surface area contributed by atoms with Gasteiger partial charge < -0.3 is 16.2 Å². The Morgan fingerprint density at radius 3 is 2.72 bits per heavy atom. The highest BCUT2D eigenvalue weighted by Crippen LogP contribution is 2.13. The smallest absolute Gasteiger partial charge is 0.0538 e. The van der Waals surface area contributed by atoms with Crippen molar-refractivity contribution in [1.29, 1.82) is 0 Å². The molecule has 1 aromatic heterocycles. The molecule has 0 aliphatic rings. The molecular formula is C13H26N4O. The van der Waals surface area contributed by atoms with Crippen molar-refractivity contribution >= 4 is 0 Å². The molecule has 1 heterocycles. The molecule has 5 heteroatoms. The van der Waals surface area contributed by atoms with Gasteiger partial charge in [0.1, 0.15) is 0 Å². The van der Waals surface area contributed by atoms with Gasteiger partial charge in [-0.2, -0.15) is 5.10 Å². The predicted molar refractivity (Wildman–Crippen MR) is 73.3 cm³/mol. The van der Waals surface area contributed by atoms with Crippen LogP contribution in [-0.2, 0) is 0 Å². The van der Waals surface area contributed by atoms with Gasteiger partial charge in [-0.3, -0.25) is 4.68 Å². The van der Waals surface area contributed by atoms with Gasteiger partial charge in [0.05, 0.1) is 6.20 Å². The summed E-state index contributed by atoms with van der Waals surface area (Å²) in [5, 5.41) is 16.5. The number of nitrogens with zero attached hydrogens (tertiary/aromatic N) is 2. The number of aliphatic hydroxyl groups is 1. The largest absolute Gasteiger partial charge is 0.396 e. The number of nitrogens with two attached hydrogens (primary N) is 1. The van der Waals surface area contributed by atoms with Crippen molar-refractivity contribution in [2.75, 3.05) is 19.7 Å². The van der Waals surface area contributed by atoms with E-state index in [1.54, 1.807) is 0 Å². The van der Waals surface area contributed by atoms with Gasteiger partial charge in [-0.1, -0.05) is 0 Å². The summed E-state index contributed by atoms with van der Waals surface area (Å²) in [5.74, 6) is 0. The number of hydrogen-bond acceptors (Lipinski definition) is 4. The number of aliphatic hydroxyl groups excluding tert-OH is 1. The highest BCUT2D eigenvalue weighted by molar-refractivity contribution is 5.11. The van der Waals surface area contributed by atoms with Gasteiger partial charge in [-0.15, -0.1) is 0 Å². The van der Waals surface area contributed by atoms with Crippen LogP contribution in [0.4, 0.5) is 0 Å². The van der Waals surface area contributed by atoms with Gasteiger partial charge in [0.25, 0.3) is 0 Å². The lowest BCUT2D eigenvalue weighted by Gasteiger charge is -2.15. The van der Waals surface area contributed by atoms with Crippen LogP contribution in [0.15, 0.2) is 12.4 Å². The van der Waals surface area contributed by atoms with E-state index in [1.807, 2.05) is 10.9 Å². The van der Waals surface area contributed by atoms with Gasteiger partial charge in [0, 0.05) is 37.0 Å². The minimum absolute atomic E-state index is 0.173. The van der Waals surface area contributed by atoms with Crippen LogP contribution in [-0.4, -0.2) is 34.6 Å². The molecule has 1 rings (SSSR count). The molecule has 4 N–H and O–H groups in total. The zero-order valence-corrected chi connectivity index (χ0v) is 11.5. The van der Waals surface area contributed by atoms with Gasteiger partial charge in [-0.25, -0.2) is 0 Å². The van der Waals surface area contributed by atoms with Crippen LogP contribution in [0.1, 0.15) is 50.8 Å². The van der Waals surface area contributed by atoms with Gasteiger partial charge in [0.2, 0.25) is 0 Å².